The predicted octanol–water partition coefficient (Wildman–Crippen LogP) is 2.82. The van der Waals surface area contributed by atoms with Crippen LogP contribution in [0.3, 0.4) is 0 Å². The van der Waals surface area contributed by atoms with E-state index in [-0.39, 0.29) is 43.3 Å². The molecule has 2 amide bonds. The van der Waals surface area contributed by atoms with Gasteiger partial charge in [-0.1, -0.05) is 29.8 Å². The lowest BCUT2D eigenvalue weighted by Crippen LogP contribution is -2.34. The number of halogens is 1. The molecule has 1 atom stereocenters. The molecule has 1 aliphatic rings. The number of benzene rings is 2. The van der Waals surface area contributed by atoms with Gasteiger partial charge < -0.3 is 10.1 Å². The third kappa shape index (κ3) is 5.22. The van der Waals surface area contributed by atoms with Gasteiger partial charge in [0.25, 0.3) is 0 Å². The number of hydrogen-bond donors (Lipinski definition) is 1. The lowest BCUT2D eigenvalue weighted by Gasteiger charge is -2.14. The van der Waals surface area contributed by atoms with E-state index in [9.17, 15) is 18.8 Å². The summed E-state index contributed by atoms with van der Waals surface area (Å²) in [7, 11) is 0. The van der Waals surface area contributed by atoms with Crippen molar-refractivity contribution in [2.75, 3.05) is 18.0 Å². The Kier molecular flexibility index (Phi) is 6.43. The van der Waals surface area contributed by atoms with E-state index < -0.39 is 18.0 Å². The summed E-state index contributed by atoms with van der Waals surface area (Å²) in [5.74, 6) is -0.992. The first kappa shape index (κ1) is 22.1. The number of aromatic nitrogens is 3. The highest BCUT2D eigenvalue weighted by atomic mass is 19.1. The summed E-state index contributed by atoms with van der Waals surface area (Å²) >= 11 is 0. The predicted molar refractivity (Wildman–Crippen MR) is 117 cm³/mol. The van der Waals surface area contributed by atoms with Crippen molar-refractivity contribution in [1.82, 2.24) is 20.1 Å². The van der Waals surface area contributed by atoms with Crippen molar-refractivity contribution >= 4 is 23.5 Å². The van der Waals surface area contributed by atoms with Crippen molar-refractivity contribution in [2.45, 2.75) is 25.9 Å². The Morgan fingerprint density at radius 3 is 2.67 bits per heavy atom. The Bertz CT molecular complexity index is 1160. The Morgan fingerprint density at radius 2 is 1.97 bits per heavy atom. The van der Waals surface area contributed by atoms with Gasteiger partial charge in [0.15, 0.2) is 11.6 Å². The number of aryl methyl sites for hydroxylation is 1. The van der Waals surface area contributed by atoms with Crippen molar-refractivity contribution in [3.05, 3.63) is 72.1 Å². The second kappa shape index (κ2) is 9.60. The smallest absolute Gasteiger partial charge is 0.414 e. The number of nitrogens with one attached hydrogen (secondary N) is 1. The summed E-state index contributed by atoms with van der Waals surface area (Å²) < 4.78 is 21.0. The largest absolute Gasteiger partial charge is 0.442 e. The zero-order valence-corrected chi connectivity index (χ0v) is 17.9. The number of anilines is 1. The van der Waals surface area contributed by atoms with Gasteiger partial charge in [-0.25, -0.2) is 18.9 Å². The van der Waals surface area contributed by atoms with E-state index in [4.69, 9.17) is 4.74 Å². The molecule has 1 N–H and O–H groups in total. The van der Waals surface area contributed by atoms with Crippen LogP contribution in [0.4, 0.5) is 14.9 Å². The van der Waals surface area contributed by atoms with Crippen LogP contribution in [0.25, 0.3) is 5.69 Å². The molecule has 0 saturated carbocycles. The van der Waals surface area contributed by atoms with Gasteiger partial charge in [0.1, 0.15) is 24.4 Å². The van der Waals surface area contributed by atoms with Gasteiger partial charge in [-0.15, -0.1) is 0 Å². The zero-order chi connectivity index (χ0) is 23.4. The third-order valence-corrected chi connectivity index (χ3v) is 5.26. The van der Waals surface area contributed by atoms with E-state index in [2.05, 4.69) is 15.4 Å². The normalized spacial score (nSPS) is 15.4. The van der Waals surface area contributed by atoms with Crippen LogP contribution in [0.5, 0.6) is 0 Å². The monoisotopic (exact) mass is 451 g/mol. The first-order valence-corrected chi connectivity index (χ1v) is 10.4. The van der Waals surface area contributed by atoms with E-state index in [1.807, 2.05) is 19.1 Å². The number of ether oxygens (including phenoxy) is 1. The standard InChI is InChI=1S/C23H22FN5O4/c1-15-2-4-16(5-3-15)21(30)8-9-22(31)26-11-18-12-28(23(32)33-18)17-6-7-20(19(24)10-17)29-14-25-13-27-29/h2-7,10,13-14,18H,8-9,11-12H2,1H3,(H,26,31)/t18-/m0/s1. The molecular weight excluding hydrogens is 429 g/mol. The average Bonchev–Trinajstić information content (AvgIpc) is 3.46. The SMILES string of the molecule is Cc1ccc(C(=O)CCC(=O)NC[C@H]2CN(c3ccc(-n4cncn4)c(F)c3)C(=O)O2)cc1. The van der Waals surface area contributed by atoms with E-state index in [0.29, 0.717) is 11.3 Å². The molecule has 1 fully saturated rings. The second-order valence-corrected chi connectivity index (χ2v) is 7.69. The highest BCUT2D eigenvalue weighted by molar-refractivity contribution is 5.98. The molecule has 9 nitrogen and oxygen atoms in total. The highest BCUT2D eigenvalue weighted by Gasteiger charge is 2.33. The molecule has 170 valence electrons. The molecule has 2 heterocycles. The molecule has 4 rings (SSSR count). The fourth-order valence-corrected chi connectivity index (χ4v) is 3.45. The minimum Gasteiger partial charge on any atom is -0.442 e. The van der Waals surface area contributed by atoms with Gasteiger partial charge in [0, 0.05) is 18.4 Å². The first-order valence-electron chi connectivity index (χ1n) is 10.4. The lowest BCUT2D eigenvalue weighted by molar-refractivity contribution is -0.121. The number of carbonyl (C=O) groups excluding carboxylic acids is 3. The van der Waals surface area contributed by atoms with Crippen molar-refractivity contribution < 1.29 is 23.5 Å². The van der Waals surface area contributed by atoms with Crippen molar-refractivity contribution in [2.24, 2.45) is 0 Å². The van der Waals surface area contributed by atoms with Gasteiger partial charge in [0.2, 0.25) is 5.91 Å². The van der Waals surface area contributed by atoms with Crippen LogP contribution < -0.4 is 10.2 Å². The fourth-order valence-electron chi connectivity index (χ4n) is 3.45. The molecule has 1 saturated heterocycles. The lowest BCUT2D eigenvalue weighted by atomic mass is 10.0. The molecule has 0 radical (unpaired) electrons. The van der Waals surface area contributed by atoms with E-state index in [0.717, 1.165) is 5.56 Å². The fraction of sp³-hybridized carbons (Fsp3) is 0.261. The molecule has 0 aliphatic carbocycles. The maximum Gasteiger partial charge on any atom is 0.414 e. The molecule has 0 spiro atoms. The average molecular weight is 451 g/mol. The van der Waals surface area contributed by atoms with Gasteiger partial charge in [-0.05, 0) is 25.1 Å². The van der Waals surface area contributed by atoms with Crippen molar-refractivity contribution in [1.29, 1.82) is 0 Å². The van der Waals surface area contributed by atoms with Crippen LogP contribution >= 0.6 is 0 Å². The second-order valence-electron chi connectivity index (χ2n) is 7.69. The van der Waals surface area contributed by atoms with Crippen LogP contribution in [-0.4, -0.2) is 51.7 Å². The first-order chi connectivity index (χ1) is 15.9. The highest BCUT2D eigenvalue weighted by Crippen LogP contribution is 2.25. The number of carbonyl (C=O) groups is 3. The number of cyclic esters (lactones) is 1. The van der Waals surface area contributed by atoms with Gasteiger partial charge in [0.05, 0.1) is 18.8 Å². The maximum atomic E-state index is 14.5. The Balaban J connectivity index is 1.27. The number of Topliss-reactive ketones (excluding diaryl/α,β-unsaturated/α-hetero) is 1. The third-order valence-electron chi connectivity index (χ3n) is 5.26. The minimum absolute atomic E-state index is 0.0338. The number of rotatable bonds is 8. The summed E-state index contributed by atoms with van der Waals surface area (Å²) in [6.45, 7) is 2.19. The molecule has 0 unspecified atom stereocenters. The summed E-state index contributed by atoms with van der Waals surface area (Å²) in [4.78, 5) is 41.7. The minimum atomic E-state index is -0.628. The van der Waals surface area contributed by atoms with Gasteiger partial charge in [-0.3, -0.25) is 14.5 Å². The van der Waals surface area contributed by atoms with Crippen LogP contribution in [-0.2, 0) is 9.53 Å². The van der Waals surface area contributed by atoms with Gasteiger partial charge in [-0.2, -0.15) is 5.10 Å². The van der Waals surface area contributed by atoms with Gasteiger partial charge >= 0.3 is 6.09 Å². The maximum absolute atomic E-state index is 14.5. The Morgan fingerprint density at radius 1 is 1.18 bits per heavy atom. The molecule has 1 aromatic heterocycles. The summed E-state index contributed by atoms with van der Waals surface area (Å²) in [6, 6.07) is 11.5. The zero-order valence-electron chi connectivity index (χ0n) is 17.9. The van der Waals surface area contributed by atoms with Crippen LogP contribution in [0.1, 0.15) is 28.8 Å². The molecular formula is C23H22FN5O4. The van der Waals surface area contributed by atoms with Crippen LogP contribution in [0.15, 0.2) is 55.1 Å². The molecule has 0 bridgehead atoms. The quantitative estimate of drug-likeness (QED) is 0.528. The number of amides is 2. The van der Waals surface area contributed by atoms with Crippen molar-refractivity contribution in [3.8, 4) is 5.69 Å². The van der Waals surface area contributed by atoms with E-state index in [1.165, 1.54) is 34.4 Å². The molecule has 10 heteroatoms. The van der Waals surface area contributed by atoms with Crippen LogP contribution in [0.2, 0.25) is 0 Å². The van der Waals surface area contributed by atoms with E-state index in [1.54, 1.807) is 18.2 Å². The summed E-state index contributed by atoms with van der Waals surface area (Å²) in [5.41, 5.74) is 2.15. The number of ketones is 1. The van der Waals surface area contributed by atoms with E-state index >= 15 is 0 Å². The Hall–Kier alpha value is -4.08. The van der Waals surface area contributed by atoms with Crippen molar-refractivity contribution in [3.63, 3.8) is 0 Å². The molecule has 2 aromatic carbocycles. The molecule has 3 aromatic rings. The molecule has 33 heavy (non-hydrogen) atoms. The van der Waals surface area contributed by atoms with Crippen LogP contribution in [0, 0.1) is 12.7 Å². The topological polar surface area (TPSA) is 106 Å². The molecule has 1 aliphatic heterocycles. The number of hydrogen-bond acceptors (Lipinski definition) is 6. The summed E-state index contributed by atoms with van der Waals surface area (Å²) in [5, 5.41) is 6.57. The summed E-state index contributed by atoms with van der Waals surface area (Å²) in [6.07, 6.45) is 1.57. The number of nitrogens with zero attached hydrogens (tertiary/aromatic N) is 4. The Labute approximate surface area is 189 Å².